The van der Waals surface area contributed by atoms with Gasteiger partial charge in [-0.05, 0) is 12.8 Å². The fourth-order valence-corrected chi connectivity index (χ4v) is 2.67. The maximum absolute atomic E-state index is 12.2. The number of amides is 1. The summed E-state index contributed by atoms with van der Waals surface area (Å²) >= 11 is 0. The minimum atomic E-state index is -0.275. The molecule has 1 aromatic heterocycles. The van der Waals surface area contributed by atoms with E-state index in [1.807, 2.05) is 44.2 Å². The molecule has 1 aliphatic carbocycles. The van der Waals surface area contributed by atoms with E-state index in [0.29, 0.717) is 24.3 Å². The Balaban J connectivity index is 0.00000126. The van der Waals surface area contributed by atoms with Gasteiger partial charge in [-0.1, -0.05) is 49.3 Å². The summed E-state index contributed by atoms with van der Waals surface area (Å²) in [4.78, 5) is 12.2. The number of benzene rings is 1. The van der Waals surface area contributed by atoms with Crippen LogP contribution < -0.4 is 16.9 Å². The molecule has 3 rings (SSSR count). The molecule has 1 aromatic carbocycles. The third-order valence-corrected chi connectivity index (χ3v) is 4.17. The number of hydrogen-bond acceptors (Lipinski definition) is 7. The maximum Gasteiger partial charge on any atom is 0.273 e. The van der Waals surface area contributed by atoms with Gasteiger partial charge in [0.2, 0.25) is 0 Å². The first kappa shape index (κ1) is 20.5. The second kappa shape index (κ2) is 9.75. The van der Waals surface area contributed by atoms with Crippen LogP contribution in [0.25, 0.3) is 11.3 Å². The summed E-state index contributed by atoms with van der Waals surface area (Å²) in [6, 6.07) is 11.2. The van der Waals surface area contributed by atoms with Crippen LogP contribution in [0, 0.1) is 0 Å². The van der Waals surface area contributed by atoms with Gasteiger partial charge in [-0.3, -0.25) is 4.79 Å². The number of hydrogen-bond donors (Lipinski definition) is 4. The molecule has 1 aliphatic rings. The van der Waals surface area contributed by atoms with Gasteiger partial charge in [0.05, 0.1) is 12.3 Å². The van der Waals surface area contributed by atoms with Crippen molar-refractivity contribution in [3.63, 3.8) is 0 Å². The van der Waals surface area contributed by atoms with Gasteiger partial charge in [0.25, 0.3) is 5.91 Å². The molecule has 1 saturated carbocycles. The first-order valence-corrected chi connectivity index (χ1v) is 9.00. The second-order valence-corrected chi connectivity index (χ2v) is 6.05. The highest BCUT2D eigenvalue weighted by molar-refractivity contribution is 5.93. The van der Waals surface area contributed by atoms with Crippen LogP contribution in [0.15, 0.2) is 52.8 Å². The van der Waals surface area contributed by atoms with Gasteiger partial charge in [0.1, 0.15) is 0 Å². The molecule has 6 N–H and O–H groups in total. The van der Waals surface area contributed by atoms with Crippen molar-refractivity contribution in [1.29, 1.82) is 0 Å². The number of rotatable bonds is 6. The Morgan fingerprint density at radius 2 is 2.04 bits per heavy atom. The SMILES string of the molecule is CC.N/C(=C\N(N)C1CC(NC(=O)c2cc(-c3ccccc3)on2)C1)CO. The Morgan fingerprint density at radius 3 is 2.67 bits per heavy atom. The van der Waals surface area contributed by atoms with Crippen molar-refractivity contribution in [2.24, 2.45) is 11.6 Å². The van der Waals surface area contributed by atoms with E-state index in [1.165, 1.54) is 11.2 Å². The van der Waals surface area contributed by atoms with E-state index in [4.69, 9.17) is 21.2 Å². The molecule has 0 spiro atoms. The predicted molar refractivity (Wildman–Crippen MR) is 103 cm³/mol. The zero-order valence-electron chi connectivity index (χ0n) is 15.6. The molecule has 8 nitrogen and oxygen atoms in total. The highest BCUT2D eigenvalue weighted by Gasteiger charge is 2.33. The average Bonchev–Trinajstić information content (AvgIpc) is 3.16. The topological polar surface area (TPSA) is 131 Å². The zero-order chi connectivity index (χ0) is 19.8. The molecule has 146 valence electrons. The van der Waals surface area contributed by atoms with Crippen molar-refractivity contribution in [3.8, 4) is 11.3 Å². The molecule has 1 fully saturated rings. The Kier molecular flexibility index (Phi) is 7.39. The normalized spacial score (nSPS) is 18.7. The molecule has 2 aromatic rings. The zero-order valence-corrected chi connectivity index (χ0v) is 15.6. The Morgan fingerprint density at radius 1 is 1.37 bits per heavy atom. The molecule has 1 heterocycles. The van der Waals surface area contributed by atoms with Crippen LogP contribution in [0.5, 0.6) is 0 Å². The standard InChI is InChI=1S/C17H21N5O3.C2H6/c18-12(10-23)9-22(19)14-6-13(7-14)20-17(24)15-8-16(25-21-15)11-4-2-1-3-5-11;1-2/h1-5,8-9,13-14,23H,6-7,10,18-19H2,(H,20,24);1-2H3/b12-9-;. The summed E-state index contributed by atoms with van der Waals surface area (Å²) < 4.78 is 5.24. The van der Waals surface area contributed by atoms with Crippen molar-refractivity contribution >= 4 is 5.91 Å². The van der Waals surface area contributed by atoms with Crippen molar-refractivity contribution in [2.45, 2.75) is 38.8 Å². The van der Waals surface area contributed by atoms with E-state index < -0.39 is 0 Å². The first-order valence-electron chi connectivity index (χ1n) is 9.00. The van der Waals surface area contributed by atoms with Gasteiger partial charge in [-0.2, -0.15) is 0 Å². The molecule has 0 bridgehead atoms. The monoisotopic (exact) mass is 373 g/mol. The lowest BCUT2D eigenvalue weighted by molar-refractivity contribution is 0.0839. The van der Waals surface area contributed by atoms with E-state index in [9.17, 15) is 4.79 Å². The summed E-state index contributed by atoms with van der Waals surface area (Å²) in [7, 11) is 0. The quantitative estimate of drug-likeness (QED) is 0.447. The van der Waals surface area contributed by atoms with Crippen LogP contribution in [0.2, 0.25) is 0 Å². The van der Waals surface area contributed by atoms with Crippen molar-refractivity contribution < 1.29 is 14.4 Å². The van der Waals surface area contributed by atoms with Crippen LogP contribution >= 0.6 is 0 Å². The van der Waals surface area contributed by atoms with Crippen molar-refractivity contribution in [3.05, 3.63) is 54.0 Å². The highest BCUT2D eigenvalue weighted by atomic mass is 16.5. The number of aliphatic hydroxyl groups excluding tert-OH is 1. The number of nitrogens with zero attached hydrogens (tertiary/aromatic N) is 2. The summed E-state index contributed by atoms with van der Waals surface area (Å²) in [5.74, 6) is 6.13. The lowest BCUT2D eigenvalue weighted by atomic mass is 9.86. The van der Waals surface area contributed by atoms with E-state index in [2.05, 4.69) is 10.5 Å². The highest BCUT2D eigenvalue weighted by Crippen LogP contribution is 2.25. The number of hydrazine groups is 1. The molecule has 1 amide bonds. The molecule has 0 aliphatic heterocycles. The molecular weight excluding hydrogens is 346 g/mol. The number of carbonyl (C=O) groups is 1. The molecule has 0 saturated heterocycles. The number of nitrogens with one attached hydrogen (secondary N) is 1. The molecule has 27 heavy (non-hydrogen) atoms. The smallest absolute Gasteiger partial charge is 0.273 e. The van der Waals surface area contributed by atoms with E-state index in [1.54, 1.807) is 6.07 Å². The predicted octanol–water partition coefficient (Wildman–Crippen LogP) is 1.60. The van der Waals surface area contributed by atoms with Gasteiger partial charge in [-0.15, -0.1) is 0 Å². The Labute approximate surface area is 158 Å². The number of aliphatic hydroxyl groups is 1. The third kappa shape index (κ3) is 5.32. The van der Waals surface area contributed by atoms with Crippen molar-refractivity contribution in [2.75, 3.05) is 6.61 Å². The van der Waals surface area contributed by atoms with E-state index >= 15 is 0 Å². The molecule has 0 atom stereocenters. The summed E-state index contributed by atoms with van der Waals surface area (Å²) in [6.45, 7) is 3.76. The summed E-state index contributed by atoms with van der Waals surface area (Å²) in [5.41, 5.74) is 6.94. The third-order valence-electron chi connectivity index (χ3n) is 4.17. The molecule has 8 heteroatoms. The molecule has 0 radical (unpaired) electrons. The summed E-state index contributed by atoms with van der Waals surface area (Å²) in [6.07, 6.45) is 2.90. The largest absolute Gasteiger partial charge is 0.399 e. The minimum Gasteiger partial charge on any atom is -0.399 e. The maximum atomic E-state index is 12.2. The van der Waals surface area contributed by atoms with Crippen LogP contribution in [0.4, 0.5) is 0 Å². The van der Waals surface area contributed by atoms with Gasteiger partial charge < -0.3 is 25.7 Å². The van der Waals surface area contributed by atoms with E-state index in [0.717, 1.165) is 5.56 Å². The van der Waals surface area contributed by atoms with Gasteiger partial charge in [-0.25, -0.2) is 5.84 Å². The van der Waals surface area contributed by atoms with Crippen molar-refractivity contribution in [1.82, 2.24) is 15.5 Å². The number of nitrogens with two attached hydrogens (primary N) is 2. The van der Waals surface area contributed by atoms with Gasteiger partial charge in [0, 0.05) is 29.9 Å². The Hall–Kier alpha value is -2.84. The van der Waals surface area contributed by atoms with Crippen LogP contribution in [0.1, 0.15) is 37.2 Å². The molecule has 0 unspecified atom stereocenters. The van der Waals surface area contributed by atoms with E-state index in [-0.39, 0.29) is 30.3 Å². The fourth-order valence-electron chi connectivity index (χ4n) is 2.67. The number of aromatic nitrogens is 1. The Bertz CT molecular complexity index is 754. The number of carbonyl (C=O) groups excluding carboxylic acids is 1. The lowest BCUT2D eigenvalue weighted by Gasteiger charge is -2.40. The fraction of sp³-hybridized carbons (Fsp3) is 0.368. The van der Waals surface area contributed by atoms with Crippen LogP contribution in [-0.4, -0.2) is 39.9 Å². The first-order chi connectivity index (χ1) is 13.1. The average molecular weight is 373 g/mol. The summed E-state index contributed by atoms with van der Waals surface area (Å²) in [5, 5.41) is 17.1. The van der Waals surface area contributed by atoms with Gasteiger partial charge >= 0.3 is 0 Å². The van der Waals surface area contributed by atoms with Gasteiger partial charge in [0.15, 0.2) is 11.5 Å². The minimum absolute atomic E-state index is 0.0178. The van der Waals surface area contributed by atoms with Crippen LogP contribution in [0.3, 0.4) is 0 Å². The second-order valence-electron chi connectivity index (χ2n) is 6.05. The molecular formula is C19H27N5O3. The van der Waals surface area contributed by atoms with Crippen LogP contribution in [-0.2, 0) is 0 Å². The lowest BCUT2D eigenvalue weighted by Crippen LogP contribution is -2.54.